The number of aliphatic carboxylic acids is 1. The van der Waals surface area contributed by atoms with Crippen molar-refractivity contribution in [1.29, 1.82) is 0 Å². The van der Waals surface area contributed by atoms with Gasteiger partial charge in [-0.25, -0.2) is 4.79 Å². The SMILES string of the molecule is Cc1cc(OCC(=O)O)ccc1NC(=O)C1(OCc2ccccc2)CCOCC1. The summed E-state index contributed by atoms with van der Waals surface area (Å²) in [5.74, 6) is -0.819. The minimum atomic E-state index is -1.04. The molecule has 2 aromatic carbocycles. The number of anilines is 1. The molecular formula is C22H25NO6. The van der Waals surface area contributed by atoms with Crippen LogP contribution in [-0.2, 0) is 25.7 Å². The Kier molecular flexibility index (Phi) is 6.85. The number of carbonyl (C=O) groups is 2. The number of aryl methyl sites for hydroxylation is 1. The van der Waals surface area contributed by atoms with E-state index in [1.807, 2.05) is 37.3 Å². The monoisotopic (exact) mass is 399 g/mol. The molecule has 0 unspecified atom stereocenters. The minimum Gasteiger partial charge on any atom is -0.482 e. The second-order valence-corrected chi connectivity index (χ2v) is 6.99. The molecule has 2 aromatic rings. The number of ether oxygens (including phenoxy) is 3. The first-order chi connectivity index (χ1) is 14.0. The summed E-state index contributed by atoms with van der Waals surface area (Å²) < 4.78 is 16.8. The van der Waals surface area contributed by atoms with Crippen molar-refractivity contribution in [1.82, 2.24) is 0 Å². The molecule has 1 aliphatic heterocycles. The summed E-state index contributed by atoms with van der Waals surface area (Å²) in [5.41, 5.74) is 1.44. The van der Waals surface area contributed by atoms with Gasteiger partial charge in [-0.1, -0.05) is 30.3 Å². The molecule has 0 aromatic heterocycles. The maximum Gasteiger partial charge on any atom is 0.341 e. The van der Waals surface area contributed by atoms with Crippen molar-refractivity contribution < 1.29 is 28.9 Å². The molecule has 7 heteroatoms. The zero-order valence-electron chi connectivity index (χ0n) is 16.3. The molecule has 7 nitrogen and oxygen atoms in total. The maximum absolute atomic E-state index is 13.2. The van der Waals surface area contributed by atoms with Crippen LogP contribution in [0.4, 0.5) is 5.69 Å². The Morgan fingerprint density at radius 1 is 1.14 bits per heavy atom. The molecule has 1 aliphatic rings. The molecule has 29 heavy (non-hydrogen) atoms. The van der Waals surface area contributed by atoms with E-state index in [1.165, 1.54) is 0 Å². The van der Waals surface area contributed by atoms with Gasteiger partial charge in [-0.15, -0.1) is 0 Å². The standard InChI is InChI=1S/C22H25NO6/c1-16-13-18(28-15-20(24)25)7-8-19(16)23-21(26)22(9-11-27-12-10-22)29-14-17-5-3-2-4-6-17/h2-8,13H,9-12,14-15H2,1H3,(H,23,26)(H,24,25). The Hall–Kier alpha value is -2.90. The molecule has 1 heterocycles. The third-order valence-electron chi connectivity index (χ3n) is 4.88. The lowest BCUT2D eigenvalue weighted by Crippen LogP contribution is -2.49. The summed E-state index contributed by atoms with van der Waals surface area (Å²) in [7, 11) is 0. The van der Waals surface area contributed by atoms with Crippen LogP contribution in [0.5, 0.6) is 5.75 Å². The van der Waals surface area contributed by atoms with Crippen molar-refractivity contribution in [3.63, 3.8) is 0 Å². The summed E-state index contributed by atoms with van der Waals surface area (Å²) >= 11 is 0. The molecule has 0 atom stereocenters. The topological polar surface area (TPSA) is 94.1 Å². The number of amides is 1. The van der Waals surface area contributed by atoms with Crippen LogP contribution < -0.4 is 10.1 Å². The first-order valence-electron chi connectivity index (χ1n) is 9.51. The number of carbonyl (C=O) groups excluding carboxylic acids is 1. The Labute approximate surface area is 169 Å². The van der Waals surface area contributed by atoms with Gasteiger partial charge in [-0.05, 0) is 36.2 Å². The number of rotatable bonds is 8. The van der Waals surface area contributed by atoms with Crippen LogP contribution in [0.1, 0.15) is 24.0 Å². The van der Waals surface area contributed by atoms with E-state index < -0.39 is 18.2 Å². The van der Waals surface area contributed by atoms with E-state index in [2.05, 4.69) is 5.32 Å². The van der Waals surface area contributed by atoms with Crippen LogP contribution in [0, 0.1) is 6.92 Å². The van der Waals surface area contributed by atoms with E-state index in [4.69, 9.17) is 19.3 Å². The van der Waals surface area contributed by atoms with Crippen molar-refractivity contribution >= 4 is 17.6 Å². The van der Waals surface area contributed by atoms with Gasteiger partial charge >= 0.3 is 5.97 Å². The third-order valence-corrected chi connectivity index (χ3v) is 4.88. The second kappa shape index (κ2) is 9.54. The van der Waals surface area contributed by atoms with E-state index in [-0.39, 0.29) is 5.91 Å². The molecule has 154 valence electrons. The van der Waals surface area contributed by atoms with Crippen molar-refractivity contribution in [2.45, 2.75) is 32.0 Å². The highest BCUT2D eigenvalue weighted by molar-refractivity contribution is 5.98. The highest BCUT2D eigenvalue weighted by Gasteiger charge is 2.41. The van der Waals surface area contributed by atoms with Gasteiger partial charge < -0.3 is 24.6 Å². The summed E-state index contributed by atoms with van der Waals surface area (Å²) in [6.45, 7) is 2.67. The van der Waals surface area contributed by atoms with E-state index in [9.17, 15) is 9.59 Å². The average Bonchev–Trinajstić information content (AvgIpc) is 2.74. The molecule has 1 fully saturated rings. The molecular weight excluding hydrogens is 374 g/mol. The van der Waals surface area contributed by atoms with Crippen molar-refractivity contribution in [2.24, 2.45) is 0 Å². The van der Waals surface area contributed by atoms with Crippen LogP contribution in [-0.4, -0.2) is 42.4 Å². The van der Waals surface area contributed by atoms with E-state index in [0.717, 1.165) is 11.1 Å². The molecule has 1 amide bonds. The van der Waals surface area contributed by atoms with Crippen LogP contribution in [0.15, 0.2) is 48.5 Å². The van der Waals surface area contributed by atoms with Gasteiger partial charge in [0.05, 0.1) is 6.61 Å². The number of hydrogen-bond acceptors (Lipinski definition) is 5. The Bertz CT molecular complexity index is 846. The Morgan fingerprint density at radius 3 is 2.52 bits per heavy atom. The highest BCUT2D eigenvalue weighted by Crippen LogP contribution is 2.30. The molecule has 0 bridgehead atoms. The third kappa shape index (κ3) is 5.56. The van der Waals surface area contributed by atoms with Gasteiger partial charge in [-0.3, -0.25) is 4.79 Å². The van der Waals surface area contributed by atoms with Gasteiger partial charge in [0.25, 0.3) is 5.91 Å². The number of nitrogens with one attached hydrogen (secondary N) is 1. The van der Waals surface area contributed by atoms with Crippen LogP contribution in [0.25, 0.3) is 0 Å². The zero-order chi connectivity index (χ0) is 20.7. The Balaban J connectivity index is 1.70. The first kappa shape index (κ1) is 20.8. The lowest BCUT2D eigenvalue weighted by Gasteiger charge is -2.35. The number of carboxylic acids is 1. The number of hydrogen-bond donors (Lipinski definition) is 2. The molecule has 1 saturated heterocycles. The molecule has 2 N–H and O–H groups in total. The summed E-state index contributed by atoms with van der Waals surface area (Å²) in [4.78, 5) is 23.8. The summed E-state index contributed by atoms with van der Waals surface area (Å²) in [6, 6.07) is 14.8. The molecule has 3 rings (SSSR count). The molecule has 0 aliphatic carbocycles. The largest absolute Gasteiger partial charge is 0.482 e. The van der Waals surface area contributed by atoms with E-state index in [1.54, 1.807) is 18.2 Å². The van der Waals surface area contributed by atoms with Gasteiger partial charge in [-0.2, -0.15) is 0 Å². The van der Waals surface area contributed by atoms with E-state index in [0.29, 0.717) is 44.1 Å². The zero-order valence-corrected chi connectivity index (χ0v) is 16.3. The van der Waals surface area contributed by atoms with Gasteiger partial charge in [0.1, 0.15) is 5.75 Å². The number of carboxylic acid groups (broad SMARTS) is 1. The predicted molar refractivity (Wildman–Crippen MR) is 107 cm³/mol. The highest BCUT2D eigenvalue weighted by atomic mass is 16.5. The van der Waals surface area contributed by atoms with Crippen molar-refractivity contribution in [2.75, 3.05) is 25.1 Å². The lowest BCUT2D eigenvalue weighted by molar-refractivity contribution is -0.158. The van der Waals surface area contributed by atoms with Gasteiger partial charge in [0, 0.05) is 31.7 Å². The smallest absolute Gasteiger partial charge is 0.341 e. The summed E-state index contributed by atoms with van der Waals surface area (Å²) in [5, 5.41) is 11.7. The number of benzene rings is 2. The average molecular weight is 399 g/mol. The minimum absolute atomic E-state index is 0.209. The van der Waals surface area contributed by atoms with Crippen LogP contribution >= 0.6 is 0 Å². The molecule has 0 saturated carbocycles. The molecule has 0 spiro atoms. The van der Waals surface area contributed by atoms with Gasteiger partial charge in [0.2, 0.25) is 0 Å². The maximum atomic E-state index is 13.2. The predicted octanol–water partition coefficient (Wildman–Crippen LogP) is 3.16. The normalized spacial score (nSPS) is 15.5. The molecule has 0 radical (unpaired) electrons. The fourth-order valence-corrected chi connectivity index (χ4v) is 3.18. The second-order valence-electron chi connectivity index (χ2n) is 6.99. The van der Waals surface area contributed by atoms with Crippen LogP contribution in [0.2, 0.25) is 0 Å². The fraction of sp³-hybridized carbons (Fsp3) is 0.364. The van der Waals surface area contributed by atoms with E-state index >= 15 is 0 Å². The van der Waals surface area contributed by atoms with Gasteiger partial charge in [0.15, 0.2) is 12.2 Å². The van der Waals surface area contributed by atoms with Crippen LogP contribution in [0.3, 0.4) is 0 Å². The van der Waals surface area contributed by atoms with Crippen molar-refractivity contribution in [3.05, 3.63) is 59.7 Å². The first-order valence-corrected chi connectivity index (χ1v) is 9.51. The fourth-order valence-electron chi connectivity index (χ4n) is 3.18. The lowest BCUT2D eigenvalue weighted by atomic mass is 9.92. The quantitative estimate of drug-likeness (QED) is 0.708. The summed E-state index contributed by atoms with van der Waals surface area (Å²) in [6.07, 6.45) is 0.953. The Morgan fingerprint density at radius 2 is 1.86 bits per heavy atom. The van der Waals surface area contributed by atoms with Crippen molar-refractivity contribution in [3.8, 4) is 5.75 Å².